The highest BCUT2D eigenvalue weighted by molar-refractivity contribution is 9.10. The Bertz CT molecular complexity index is 787. The van der Waals surface area contributed by atoms with Gasteiger partial charge in [0.15, 0.2) is 5.78 Å². The number of halogens is 1. The van der Waals surface area contributed by atoms with Crippen LogP contribution in [0, 0.1) is 0 Å². The van der Waals surface area contributed by atoms with Crippen molar-refractivity contribution in [2.75, 3.05) is 0 Å². The van der Waals surface area contributed by atoms with Crippen LogP contribution >= 0.6 is 15.9 Å². The van der Waals surface area contributed by atoms with Gasteiger partial charge in [0, 0.05) is 21.8 Å². The molecule has 0 saturated heterocycles. The number of fused-ring (bicyclic) bond motifs is 1. The van der Waals surface area contributed by atoms with E-state index in [1.54, 1.807) is 0 Å². The molecule has 1 heterocycles. The number of aryl methyl sites for hydroxylation is 1. The van der Waals surface area contributed by atoms with E-state index >= 15 is 0 Å². The van der Waals surface area contributed by atoms with E-state index in [-0.39, 0.29) is 5.78 Å². The summed E-state index contributed by atoms with van der Waals surface area (Å²) in [5, 5.41) is 0.884. The second kappa shape index (κ2) is 5.25. The molecule has 1 aromatic heterocycles. The molecule has 0 N–H and O–H groups in total. The van der Waals surface area contributed by atoms with Crippen molar-refractivity contribution in [2.45, 2.75) is 13.3 Å². The second-order valence-corrected chi connectivity index (χ2v) is 5.51. The summed E-state index contributed by atoms with van der Waals surface area (Å²) in [7, 11) is 0. The summed E-state index contributed by atoms with van der Waals surface area (Å²) in [5.74, 6) is 0.754. The SMILES string of the molecule is CCc1oc2ccccc2c1C(=O)c1cccc(Br)c1. The van der Waals surface area contributed by atoms with E-state index in [9.17, 15) is 4.79 Å². The van der Waals surface area contributed by atoms with Crippen LogP contribution in [0.15, 0.2) is 57.4 Å². The largest absolute Gasteiger partial charge is 0.460 e. The van der Waals surface area contributed by atoms with Gasteiger partial charge in [-0.15, -0.1) is 0 Å². The van der Waals surface area contributed by atoms with Crippen LogP contribution in [0.25, 0.3) is 11.0 Å². The van der Waals surface area contributed by atoms with E-state index in [0.29, 0.717) is 17.5 Å². The molecule has 2 aromatic carbocycles. The molecule has 0 amide bonds. The molecular weight excluding hydrogens is 316 g/mol. The van der Waals surface area contributed by atoms with Crippen molar-refractivity contribution in [1.82, 2.24) is 0 Å². The molecule has 2 nitrogen and oxygen atoms in total. The van der Waals surface area contributed by atoms with Crippen molar-refractivity contribution in [3.63, 3.8) is 0 Å². The Labute approximate surface area is 125 Å². The lowest BCUT2D eigenvalue weighted by molar-refractivity contribution is 0.103. The van der Waals surface area contributed by atoms with Crippen molar-refractivity contribution < 1.29 is 9.21 Å². The lowest BCUT2D eigenvalue weighted by atomic mass is 9.99. The molecule has 3 rings (SSSR count). The van der Waals surface area contributed by atoms with Crippen LogP contribution < -0.4 is 0 Å². The number of rotatable bonds is 3. The van der Waals surface area contributed by atoms with Gasteiger partial charge in [0.1, 0.15) is 11.3 Å². The van der Waals surface area contributed by atoms with Gasteiger partial charge < -0.3 is 4.42 Å². The Morgan fingerprint density at radius 3 is 2.70 bits per heavy atom. The van der Waals surface area contributed by atoms with Gasteiger partial charge in [-0.2, -0.15) is 0 Å². The highest BCUT2D eigenvalue weighted by Gasteiger charge is 2.20. The van der Waals surface area contributed by atoms with Gasteiger partial charge in [0.25, 0.3) is 0 Å². The molecule has 0 saturated carbocycles. The molecule has 0 atom stereocenters. The van der Waals surface area contributed by atoms with Crippen molar-refractivity contribution in [3.8, 4) is 0 Å². The fraction of sp³-hybridized carbons (Fsp3) is 0.118. The molecule has 3 heteroatoms. The Kier molecular flexibility index (Phi) is 3.45. The van der Waals surface area contributed by atoms with E-state index in [4.69, 9.17) is 4.42 Å². The lowest BCUT2D eigenvalue weighted by Gasteiger charge is -2.02. The minimum Gasteiger partial charge on any atom is -0.460 e. The molecule has 0 aliphatic heterocycles. The van der Waals surface area contributed by atoms with Crippen LogP contribution in [0.4, 0.5) is 0 Å². The summed E-state index contributed by atoms with van der Waals surface area (Å²) < 4.78 is 6.69. The van der Waals surface area contributed by atoms with Gasteiger partial charge in [-0.1, -0.05) is 53.2 Å². The summed E-state index contributed by atoms with van der Waals surface area (Å²) in [6.45, 7) is 2.00. The maximum absolute atomic E-state index is 12.8. The van der Waals surface area contributed by atoms with Gasteiger partial charge in [0.05, 0.1) is 5.56 Å². The summed E-state index contributed by atoms with van der Waals surface area (Å²) >= 11 is 3.40. The molecule has 0 aliphatic carbocycles. The lowest BCUT2D eigenvalue weighted by Crippen LogP contribution is -2.03. The number of carbonyl (C=O) groups excluding carboxylic acids is 1. The highest BCUT2D eigenvalue weighted by atomic mass is 79.9. The van der Waals surface area contributed by atoms with Gasteiger partial charge in [-0.25, -0.2) is 0 Å². The Morgan fingerprint density at radius 2 is 1.95 bits per heavy atom. The average molecular weight is 329 g/mol. The molecule has 20 heavy (non-hydrogen) atoms. The number of benzene rings is 2. The fourth-order valence-electron chi connectivity index (χ4n) is 2.37. The second-order valence-electron chi connectivity index (χ2n) is 4.59. The number of hydrogen-bond acceptors (Lipinski definition) is 2. The summed E-state index contributed by atoms with van der Waals surface area (Å²) in [4.78, 5) is 12.8. The van der Waals surface area contributed by atoms with E-state index in [1.807, 2.05) is 55.5 Å². The van der Waals surface area contributed by atoms with Gasteiger partial charge in [-0.3, -0.25) is 4.79 Å². The molecule has 0 bridgehead atoms. The Hall–Kier alpha value is -1.87. The Balaban J connectivity index is 2.20. The third kappa shape index (κ3) is 2.18. The third-order valence-electron chi connectivity index (χ3n) is 3.30. The normalized spacial score (nSPS) is 10.9. The zero-order valence-electron chi connectivity index (χ0n) is 11.0. The van der Waals surface area contributed by atoms with Crippen LogP contribution in [0.5, 0.6) is 0 Å². The summed E-state index contributed by atoms with van der Waals surface area (Å²) in [6.07, 6.45) is 0.698. The zero-order valence-corrected chi connectivity index (χ0v) is 12.6. The monoisotopic (exact) mass is 328 g/mol. The number of ketones is 1. The van der Waals surface area contributed by atoms with Gasteiger partial charge in [0.2, 0.25) is 0 Å². The van der Waals surface area contributed by atoms with Gasteiger partial charge >= 0.3 is 0 Å². The first-order chi connectivity index (χ1) is 9.70. The minimum atomic E-state index is 0.00750. The molecule has 0 radical (unpaired) electrons. The predicted molar refractivity (Wildman–Crippen MR) is 83.2 cm³/mol. The number of hydrogen-bond donors (Lipinski definition) is 0. The molecule has 0 unspecified atom stereocenters. The molecule has 100 valence electrons. The number of furan rings is 1. The molecule has 0 aliphatic rings. The van der Waals surface area contributed by atoms with Crippen LogP contribution in [-0.4, -0.2) is 5.78 Å². The van der Waals surface area contributed by atoms with E-state index in [0.717, 1.165) is 21.2 Å². The minimum absolute atomic E-state index is 0.00750. The topological polar surface area (TPSA) is 30.2 Å². The smallest absolute Gasteiger partial charge is 0.197 e. The molecule has 3 aromatic rings. The van der Waals surface area contributed by atoms with Crippen molar-refractivity contribution >= 4 is 32.7 Å². The van der Waals surface area contributed by atoms with E-state index < -0.39 is 0 Å². The summed E-state index contributed by atoms with van der Waals surface area (Å²) in [5.41, 5.74) is 2.12. The van der Waals surface area contributed by atoms with Crippen molar-refractivity contribution in [1.29, 1.82) is 0 Å². The quantitative estimate of drug-likeness (QED) is 0.634. The molecule has 0 fully saturated rings. The van der Waals surface area contributed by atoms with Crippen LogP contribution in [0.2, 0.25) is 0 Å². The zero-order chi connectivity index (χ0) is 14.1. The predicted octanol–water partition coefficient (Wildman–Crippen LogP) is 4.99. The maximum Gasteiger partial charge on any atom is 0.197 e. The first-order valence-electron chi connectivity index (χ1n) is 6.51. The van der Waals surface area contributed by atoms with Crippen LogP contribution in [0.1, 0.15) is 28.6 Å². The van der Waals surface area contributed by atoms with Crippen LogP contribution in [-0.2, 0) is 6.42 Å². The maximum atomic E-state index is 12.8. The third-order valence-corrected chi connectivity index (χ3v) is 3.80. The highest BCUT2D eigenvalue weighted by Crippen LogP contribution is 2.29. The first kappa shape index (κ1) is 13.1. The van der Waals surface area contributed by atoms with Crippen molar-refractivity contribution in [3.05, 3.63) is 69.9 Å². The average Bonchev–Trinajstić information content (AvgIpc) is 2.85. The van der Waals surface area contributed by atoms with E-state index in [1.165, 1.54) is 0 Å². The standard InChI is InChI=1S/C17H13BrO2/c1-2-14-16(13-8-3-4-9-15(13)20-14)17(19)11-6-5-7-12(18)10-11/h3-10H,2H2,1H3. The van der Waals surface area contributed by atoms with Crippen molar-refractivity contribution in [2.24, 2.45) is 0 Å². The Morgan fingerprint density at radius 1 is 1.15 bits per heavy atom. The van der Waals surface area contributed by atoms with Crippen LogP contribution in [0.3, 0.4) is 0 Å². The molecule has 0 spiro atoms. The van der Waals surface area contributed by atoms with E-state index in [2.05, 4.69) is 15.9 Å². The first-order valence-corrected chi connectivity index (χ1v) is 7.30. The molecular formula is C17H13BrO2. The van der Waals surface area contributed by atoms with Gasteiger partial charge in [-0.05, 0) is 18.2 Å². The number of para-hydroxylation sites is 1. The fourth-order valence-corrected chi connectivity index (χ4v) is 2.77. The summed E-state index contributed by atoms with van der Waals surface area (Å²) in [6, 6.07) is 15.1. The number of carbonyl (C=O) groups is 1.